The second kappa shape index (κ2) is 6.86. The smallest absolute Gasteiger partial charge is 0.324 e. The second-order valence-electron chi connectivity index (χ2n) is 8.12. The normalized spacial score (nSPS) is 28.3. The molecule has 1 aromatic carbocycles. The molecule has 0 spiro atoms. The Morgan fingerprint density at radius 1 is 1.33 bits per heavy atom. The molecule has 2 N–H and O–H groups in total. The highest BCUT2D eigenvalue weighted by molar-refractivity contribution is 5.85. The number of urea groups is 1. The molecule has 1 aliphatic carbocycles. The van der Waals surface area contributed by atoms with Crippen LogP contribution in [0.3, 0.4) is 0 Å². The van der Waals surface area contributed by atoms with Gasteiger partial charge in [-0.2, -0.15) is 0 Å². The highest BCUT2D eigenvalue weighted by Crippen LogP contribution is 2.56. The Kier molecular flexibility index (Phi) is 4.66. The van der Waals surface area contributed by atoms with Gasteiger partial charge in [-0.15, -0.1) is 0 Å². The first kappa shape index (κ1) is 18.4. The van der Waals surface area contributed by atoms with Crippen LogP contribution in [0.25, 0.3) is 5.57 Å². The lowest BCUT2D eigenvalue weighted by atomic mass is 9.69. The number of nitrogens with one attached hydrogen (secondary N) is 2. The van der Waals surface area contributed by atoms with Gasteiger partial charge in [0.1, 0.15) is 0 Å². The lowest BCUT2D eigenvalue weighted by Gasteiger charge is -2.43. The Labute approximate surface area is 162 Å². The Bertz CT molecular complexity index is 770. The minimum atomic E-state index is -0.119. The lowest BCUT2D eigenvalue weighted by Crippen LogP contribution is -2.58. The van der Waals surface area contributed by atoms with Crippen LogP contribution in [-0.4, -0.2) is 42.1 Å². The molecule has 5 heteroatoms. The quantitative estimate of drug-likeness (QED) is 0.848. The van der Waals surface area contributed by atoms with E-state index in [9.17, 15) is 4.79 Å². The number of carbonyl (C=O) groups excluding carboxylic acids is 1. The summed E-state index contributed by atoms with van der Waals surface area (Å²) >= 11 is 0. The molecule has 0 fully saturated rings. The van der Waals surface area contributed by atoms with Crippen LogP contribution in [0, 0.1) is 0 Å². The predicted octanol–water partition coefficient (Wildman–Crippen LogP) is 3.87. The van der Waals surface area contributed by atoms with Crippen LogP contribution in [0.15, 0.2) is 24.3 Å². The van der Waals surface area contributed by atoms with E-state index in [-0.39, 0.29) is 11.6 Å². The summed E-state index contributed by atoms with van der Waals surface area (Å²) in [5.74, 6) is 0.415. The SMILES string of the molecule is CCN(CC)C(=O)NN1c2cccc3c2C(C[C@H]2NCCC=C32)C1(C)CC. The number of carbonyl (C=O) groups is 1. The van der Waals surface area contributed by atoms with Crippen LogP contribution in [0.4, 0.5) is 10.5 Å². The van der Waals surface area contributed by atoms with Gasteiger partial charge in [0.15, 0.2) is 0 Å². The van der Waals surface area contributed by atoms with E-state index < -0.39 is 0 Å². The summed E-state index contributed by atoms with van der Waals surface area (Å²) < 4.78 is 0. The van der Waals surface area contributed by atoms with E-state index in [1.807, 2.05) is 18.7 Å². The molecule has 4 rings (SSSR count). The fourth-order valence-electron chi connectivity index (χ4n) is 5.23. The molecule has 146 valence electrons. The largest absolute Gasteiger partial charge is 0.336 e. The molecule has 1 aromatic rings. The van der Waals surface area contributed by atoms with Gasteiger partial charge in [-0.05, 0) is 69.3 Å². The zero-order valence-corrected chi connectivity index (χ0v) is 17.0. The minimum Gasteiger partial charge on any atom is -0.324 e. The van der Waals surface area contributed by atoms with Gasteiger partial charge in [0, 0.05) is 25.0 Å². The summed E-state index contributed by atoms with van der Waals surface area (Å²) in [5.41, 5.74) is 8.56. The van der Waals surface area contributed by atoms with Crippen molar-refractivity contribution < 1.29 is 4.79 Å². The summed E-state index contributed by atoms with van der Waals surface area (Å²) in [7, 11) is 0. The average Bonchev–Trinajstić information content (AvgIpc) is 2.93. The van der Waals surface area contributed by atoms with Crippen molar-refractivity contribution >= 4 is 17.3 Å². The maximum absolute atomic E-state index is 12.9. The van der Waals surface area contributed by atoms with Crippen LogP contribution < -0.4 is 15.8 Å². The number of nitrogens with zero attached hydrogens (tertiary/aromatic N) is 2. The van der Waals surface area contributed by atoms with E-state index in [1.54, 1.807) is 0 Å². The molecule has 3 atom stereocenters. The molecule has 2 unspecified atom stereocenters. The number of anilines is 1. The van der Waals surface area contributed by atoms with Crippen LogP contribution in [0.2, 0.25) is 0 Å². The molecular formula is C22H32N4O. The van der Waals surface area contributed by atoms with E-state index >= 15 is 0 Å². The van der Waals surface area contributed by atoms with Crippen molar-refractivity contribution in [2.75, 3.05) is 24.6 Å². The molecule has 2 heterocycles. The lowest BCUT2D eigenvalue weighted by molar-refractivity contribution is 0.195. The molecule has 2 amide bonds. The number of benzene rings is 1. The van der Waals surface area contributed by atoms with Gasteiger partial charge in [-0.25, -0.2) is 10.2 Å². The Hall–Kier alpha value is -2.01. The highest BCUT2D eigenvalue weighted by atomic mass is 16.2. The van der Waals surface area contributed by atoms with Gasteiger partial charge in [0.2, 0.25) is 0 Å². The van der Waals surface area contributed by atoms with E-state index in [1.165, 1.54) is 22.4 Å². The number of hydrogen-bond acceptors (Lipinski definition) is 3. The average molecular weight is 369 g/mol. The van der Waals surface area contributed by atoms with Crippen molar-refractivity contribution in [2.24, 2.45) is 0 Å². The first-order valence-corrected chi connectivity index (χ1v) is 10.5. The van der Waals surface area contributed by atoms with Gasteiger partial charge >= 0.3 is 6.03 Å². The van der Waals surface area contributed by atoms with Crippen LogP contribution in [-0.2, 0) is 0 Å². The van der Waals surface area contributed by atoms with E-state index in [4.69, 9.17) is 0 Å². The van der Waals surface area contributed by atoms with E-state index in [0.29, 0.717) is 25.0 Å². The zero-order chi connectivity index (χ0) is 19.2. The Morgan fingerprint density at radius 2 is 2.11 bits per heavy atom. The monoisotopic (exact) mass is 368 g/mol. The number of amides is 2. The van der Waals surface area contributed by atoms with Crippen molar-refractivity contribution in [2.45, 2.75) is 64.5 Å². The van der Waals surface area contributed by atoms with Gasteiger partial charge in [0.25, 0.3) is 0 Å². The summed E-state index contributed by atoms with van der Waals surface area (Å²) in [4.78, 5) is 14.7. The third-order valence-electron chi connectivity index (χ3n) is 6.97. The number of fused-ring (bicyclic) bond motifs is 2. The molecule has 27 heavy (non-hydrogen) atoms. The molecule has 0 saturated heterocycles. The number of hydrogen-bond donors (Lipinski definition) is 2. The predicted molar refractivity (Wildman–Crippen MR) is 111 cm³/mol. The molecule has 5 nitrogen and oxygen atoms in total. The first-order valence-electron chi connectivity index (χ1n) is 10.5. The van der Waals surface area contributed by atoms with Crippen molar-refractivity contribution in [3.63, 3.8) is 0 Å². The maximum atomic E-state index is 12.9. The van der Waals surface area contributed by atoms with Crippen LogP contribution in [0.5, 0.6) is 0 Å². The van der Waals surface area contributed by atoms with Crippen molar-refractivity contribution in [1.82, 2.24) is 15.6 Å². The fraction of sp³-hybridized carbons (Fsp3) is 0.591. The molecule has 3 aliphatic rings. The molecule has 0 saturated carbocycles. The second-order valence-corrected chi connectivity index (χ2v) is 8.12. The Balaban J connectivity index is 1.78. The summed E-state index contributed by atoms with van der Waals surface area (Å²) in [6.07, 6.45) is 5.58. The minimum absolute atomic E-state index is 0.00863. The maximum Gasteiger partial charge on any atom is 0.336 e. The van der Waals surface area contributed by atoms with E-state index in [0.717, 1.165) is 25.8 Å². The first-order chi connectivity index (χ1) is 13.0. The highest BCUT2D eigenvalue weighted by Gasteiger charge is 2.52. The molecular weight excluding hydrogens is 336 g/mol. The van der Waals surface area contributed by atoms with Gasteiger partial charge in [-0.3, -0.25) is 5.01 Å². The summed E-state index contributed by atoms with van der Waals surface area (Å²) in [5, 5.41) is 5.90. The Morgan fingerprint density at radius 3 is 2.81 bits per heavy atom. The van der Waals surface area contributed by atoms with Gasteiger partial charge < -0.3 is 10.2 Å². The van der Waals surface area contributed by atoms with Crippen molar-refractivity contribution in [3.8, 4) is 0 Å². The molecule has 0 radical (unpaired) electrons. The number of rotatable bonds is 4. The number of hydrazine groups is 1. The standard InChI is InChI=1S/C22H32N4O/c1-5-22(4)17-14-18-15(11-9-13-23-18)16-10-8-12-19(20(16)17)26(22)24-21(27)25(6-2)7-3/h8,10-12,17-18,23H,5-7,9,13-14H2,1-4H3,(H,24,27)/t17?,18-,22?/m1/s1. The van der Waals surface area contributed by atoms with Crippen molar-refractivity contribution in [1.29, 1.82) is 0 Å². The van der Waals surface area contributed by atoms with Crippen molar-refractivity contribution in [3.05, 3.63) is 35.4 Å². The third kappa shape index (κ3) is 2.66. The molecule has 0 aromatic heterocycles. The van der Waals surface area contributed by atoms with Gasteiger partial charge in [-0.1, -0.05) is 25.1 Å². The zero-order valence-electron chi connectivity index (χ0n) is 17.0. The topological polar surface area (TPSA) is 47.6 Å². The fourth-order valence-corrected chi connectivity index (χ4v) is 5.23. The summed E-state index contributed by atoms with van der Waals surface area (Å²) in [6, 6.07) is 7.00. The molecule has 0 bridgehead atoms. The molecule has 2 aliphatic heterocycles. The summed E-state index contributed by atoms with van der Waals surface area (Å²) in [6.45, 7) is 11.1. The van der Waals surface area contributed by atoms with Crippen LogP contribution >= 0.6 is 0 Å². The third-order valence-corrected chi connectivity index (χ3v) is 6.97. The van der Waals surface area contributed by atoms with Crippen LogP contribution in [0.1, 0.15) is 64.0 Å². The van der Waals surface area contributed by atoms with E-state index in [2.05, 4.69) is 53.9 Å². The van der Waals surface area contributed by atoms with Gasteiger partial charge in [0.05, 0.1) is 11.2 Å².